The third-order valence-electron chi connectivity index (χ3n) is 1.59. The lowest BCUT2D eigenvalue weighted by molar-refractivity contribution is 0.0242. The zero-order valence-electron chi connectivity index (χ0n) is 7.12. The predicted molar refractivity (Wildman–Crippen MR) is 49.1 cm³/mol. The molecule has 6 nitrogen and oxygen atoms in total. The Morgan fingerprint density at radius 1 is 1.64 bits per heavy atom. The molecule has 0 aliphatic rings. The summed E-state index contributed by atoms with van der Waals surface area (Å²) in [5.74, 6) is -1.11. The number of carbonyl (C=O) groups is 1. The fraction of sp³-hybridized carbons (Fsp3) is 0.429. The number of aromatic nitrogens is 1. The Labute approximate surface area is 83.6 Å². The van der Waals surface area contributed by atoms with Gasteiger partial charge in [0.2, 0.25) is 0 Å². The highest BCUT2D eigenvalue weighted by Crippen LogP contribution is 2.22. The van der Waals surface area contributed by atoms with E-state index in [9.17, 15) is 15.0 Å². The highest BCUT2D eigenvalue weighted by molar-refractivity contribution is 7.13. The predicted octanol–water partition coefficient (Wildman–Crippen LogP) is -0.806. The smallest absolute Gasteiger partial charge is 0.347 e. The maximum absolute atomic E-state index is 10.5. The Morgan fingerprint density at radius 3 is 2.71 bits per heavy atom. The van der Waals surface area contributed by atoms with E-state index in [2.05, 4.69) is 4.98 Å². The normalized spacial score (nSPS) is 15.1. The molecule has 0 aliphatic carbocycles. The molecule has 14 heavy (non-hydrogen) atoms. The van der Waals surface area contributed by atoms with Gasteiger partial charge < -0.3 is 21.1 Å². The molecule has 1 aromatic heterocycles. The van der Waals surface area contributed by atoms with Gasteiger partial charge in [0.05, 0.1) is 12.3 Å². The largest absolute Gasteiger partial charge is 0.477 e. The van der Waals surface area contributed by atoms with Crippen LogP contribution < -0.4 is 5.73 Å². The molecule has 0 saturated carbocycles. The van der Waals surface area contributed by atoms with Crippen LogP contribution in [0.15, 0.2) is 6.20 Å². The van der Waals surface area contributed by atoms with Gasteiger partial charge in [0.1, 0.15) is 16.0 Å². The van der Waals surface area contributed by atoms with Gasteiger partial charge in [-0.3, -0.25) is 0 Å². The summed E-state index contributed by atoms with van der Waals surface area (Å²) in [7, 11) is 0. The first kappa shape index (κ1) is 11.1. The first-order valence-electron chi connectivity index (χ1n) is 3.81. The van der Waals surface area contributed by atoms with Gasteiger partial charge in [-0.1, -0.05) is 0 Å². The lowest BCUT2D eigenvalue weighted by Gasteiger charge is -2.12. The fourth-order valence-electron chi connectivity index (χ4n) is 0.817. The Kier molecular flexibility index (Phi) is 3.53. The van der Waals surface area contributed by atoms with Crippen molar-refractivity contribution in [3.8, 4) is 0 Å². The zero-order chi connectivity index (χ0) is 10.7. The molecule has 2 unspecified atom stereocenters. The highest BCUT2D eigenvalue weighted by Gasteiger charge is 2.21. The van der Waals surface area contributed by atoms with Gasteiger partial charge in [-0.05, 0) is 0 Å². The summed E-state index contributed by atoms with van der Waals surface area (Å²) in [5, 5.41) is 27.3. The van der Waals surface area contributed by atoms with Crippen molar-refractivity contribution in [2.45, 2.75) is 12.2 Å². The summed E-state index contributed by atoms with van der Waals surface area (Å²) in [6.07, 6.45) is -1.21. The second kappa shape index (κ2) is 4.47. The number of hydrogen-bond donors (Lipinski definition) is 4. The van der Waals surface area contributed by atoms with Gasteiger partial charge in [-0.25, -0.2) is 9.78 Å². The summed E-state index contributed by atoms with van der Waals surface area (Å²) in [6.45, 7) is -0.108. The van der Waals surface area contributed by atoms with Crippen molar-refractivity contribution in [3.63, 3.8) is 0 Å². The van der Waals surface area contributed by atoms with Gasteiger partial charge in [0, 0.05) is 6.54 Å². The van der Waals surface area contributed by atoms with Crippen LogP contribution in [-0.4, -0.2) is 38.9 Å². The number of aliphatic hydroxyl groups excluding tert-OH is 2. The Hall–Kier alpha value is -1.02. The number of aliphatic hydroxyl groups is 2. The first-order valence-corrected chi connectivity index (χ1v) is 4.63. The Morgan fingerprint density at radius 2 is 2.29 bits per heavy atom. The molecule has 5 N–H and O–H groups in total. The molecule has 0 aliphatic heterocycles. The van der Waals surface area contributed by atoms with E-state index in [1.807, 2.05) is 0 Å². The number of aromatic carboxylic acids is 1. The minimum absolute atomic E-state index is 0.0169. The van der Waals surface area contributed by atoms with Crippen LogP contribution in [-0.2, 0) is 0 Å². The van der Waals surface area contributed by atoms with Gasteiger partial charge >= 0.3 is 5.97 Å². The molecule has 0 radical (unpaired) electrons. The third kappa shape index (κ3) is 2.26. The molecule has 78 valence electrons. The maximum Gasteiger partial charge on any atom is 0.347 e. The molecule has 0 spiro atoms. The van der Waals surface area contributed by atoms with Crippen LogP contribution >= 0.6 is 11.3 Å². The zero-order valence-corrected chi connectivity index (χ0v) is 7.94. The van der Waals surface area contributed by atoms with Crippen LogP contribution in [0, 0.1) is 0 Å². The van der Waals surface area contributed by atoms with E-state index in [1.165, 1.54) is 0 Å². The summed E-state index contributed by atoms with van der Waals surface area (Å²) < 4.78 is 0. The van der Waals surface area contributed by atoms with Crippen molar-refractivity contribution in [2.75, 3.05) is 6.54 Å². The van der Waals surface area contributed by atoms with E-state index in [0.29, 0.717) is 0 Å². The van der Waals surface area contributed by atoms with Gasteiger partial charge in [0.15, 0.2) is 0 Å². The van der Waals surface area contributed by atoms with Crippen LogP contribution in [0.2, 0.25) is 0 Å². The van der Waals surface area contributed by atoms with E-state index in [-0.39, 0.29) is 16.4 Å². The summed E-state index contributed by atoms with van der Waals surface area (Å²) >= 11 is 0.817. The molecule has 0 aromatic carbocycles. The van der Waals surface area contributed by atoms with Gasteiger partial charge in [-0.15, -0.1) is 11.3 Å². The quantitative estimate of drug-likeness (QED) is 0.525. The van der Waals surface area contributed by atoms with E-state index in [4.69, 9.17) is 10.8 Å². The molecular formula is C7H10N2O4S. The van der Waals surface area contributed by atoms with Crippen LogP contribution in [0.1, 0.15) is 20.8 Å². The molecule has 0 saturated heterocycles. The summed E-state index contributed by atoms with van der Waals surface area (Å²) in [5.41, 5.74) is 5.13. The minimum atomic E-state index is -1.22. The molecule has 0 bridgehead atoms. The lowest BCUT2D eigenvalue weighted by Crippen LogP contribution is -2.27. The molecule has 1 aromatic rings. The molecule has 2 atom stereocenters. The van der Waals surface area contributed by atoms with Gasteiger partial charge in [-0.2, -0.15) is 0 Å². The number of nitrogens with two attached hydrogens (primary N) is 1. The molecule has 0 amide bonds. The number of hydrogen-bond acceptors (Lipinski definition) is 6. The number of nitrogens with zero attached hydrogens (tertiary/aromatic N) is 1. The second-order valence-electron chi connectivity index (χ2n) is 2.62. The van der Waals surface area contributed by atoms with E-state index >= 15 is 0 Å². The van der Waals surface area contributed by atoms with Crippen molar-refractivity contribution < 1.29 is 20.1 Å². The Balaban J connectivity index is 2.81. The van der Waals surface area contributed by atoms with Crippen molar-refractivity contribution >= 4 is 17.3 Å². The molecule has 7 heteroatoms. The number of carboxylic acids is 1. The monoisotopic (exact) mass is 218 g/mol. The van der Waals surface area contributed by atoms with Crippen LogP contribution in [0.3, 0.4) is 0 Å². The molecule has 1 rings (SSSR count). The average Bonchev–Trinajstić information content (AvgIpc) is 2.64. The highest BCUT2D eigenvalue weighted by atomic mass is 32.1. The van der Waals surface area contributed by atoms with Crippen molar-refractivity contribution in [1.29, 1.82) is 0 Å². The topological polar surface area (TPSA) is 117 Å². The van der Waals surface area contributed by atoms with Crippen molar-refractivity contribution in [1.82, 2.24) is 4.98 Å². The Bertz CT molecular complexity index is 327. The van der Waals surface area contributed by atoms with Crippen LogP contribution in [0.5, 0.6) is 0 Å². The number of rotatable bonds is 4. The number of carboxylic acid groups (broad SMARTS) is 1. The van der Waals surface area contributed by atoms with E-state index < -0.39 is 18.2 Å². The molecule has 1 heterocycles. The van der Waals surface area contributed by atoms with Crippen LogP contribution in [0.4, 0.5) is 0 Å². The summed E-state index contributed by atoms with van der Waals surface area (Å²) in [4.78, 5) is 14.2. The average molecular weight is 218 g/mol. The van der Waals surface area contributed by atoms with Crippen molar-refractivity contribution in [3.05, 3.63) is 16.1 Å². The van der Waals surface area contributed by atoms with E-state index in [1.54, 1.807) is 0 Å². The summed E-state index contributed by atoms with van der Waals surface area (Å²) in [6, 6.07) is 0. The van der Waals surface area contributed by atoms with Gasteiger partial charge in [0.25, 0.3) is 0 Å². The standard InChI is InChI=1S/C7H10N2O4S/c8-1-3(10)5(11)6-9-2-4(14-6)7(12)13/h2-3,5,10-11H,1,8H2,(H,12,13). The lowest BCUT2D eigenvalue weighted by atomic mass is 10.2. The SMILES string of the molecule is NCC(O)C(O)c1ncc(C(=O)O)s1. The third-order valence-corrected chi connectivity index (χ3v) is 2.65. The van der Waals surface area contributed by atoms with E-state index in [0.717, 1.165) is 17.5 Å². The molecule has 0 fully saturated rings. The fourth-order valence-corrected chi connectivity index (χ4v) is 1.62. The molecular weight excluding hydrogens is 208 g/mol. The second-order valence-corrected chi connectivity index (χ2v) is 3.68. The van der Waals surface area contributed by atoms with Crippen molar-refractivity contribution in [2.24, 2.45) is 5.73 Å². The van der Waals surface area contributed by atoms with Crippen LogP contribution in [0.25, 0.3) is 0 Å². The minimum Gasteiger partial charge on any atom is -0.477 e. The maximum atomic E-state index is 10.5. The number of thiazole rings is 1. The first-order chi connectivity index (χ1) is 6.56.